The van der Waals surface area contributed by atoms with Crippen LogP contribution in [0.1, 0.15) is 41.6 Å². The first kappa shape index (κ1) is 17.9. The summed E-state index contributed by atoms with van der Waals surface area (Å²) in [4.78, 5) is 32.1. The number of carboxylic acids is 1. The lowest BCUT2D eigenvalue weighted by atomic mass is 10.1. The molecule has 0 spiro atoms. The lowest BCUT2D eigenvalue weighted by molar-refractivity contribution is -0.139. The highest BCUT2D eigenvalue weighted by Crippen LogP contribution is 2.16. The summed E-state index contributed by atoms with van der Waals surface area (Å²) in [5.41, 5.74) is 0.788. The highest BCUT2D eigenvalue weighted by atomic mass is 35.5. The Hall–Kier alpha value is -2.47. The maximum atomic E-state index is 12.4. The molecule has 1 heterocycles. The highest BCUT2D eigenvalue weighted by molar-refractivity contribution is 6.33. The van der Waals surface area contributed by atoms with E-state index in [0.717, 1.165) is 5.56 Å². The number of carbonyl (C=O) groups is 2. The maximum absolute atomic E-state index is 12.4. The summed E-state index contributed by atoms with van der Waals surface area (Å²) in [6.45, 7) is 3.78. The second-order valence-corrected chi connectivity index (χ2v) is 6.04. The standard InChI is InChI=1S/C17H18ClN3O3/c1-10(2)15-19-9-12(18)14(21-15)16(22)20-13(17(23)24)8-11-6-4-3-5-7-11/h3-7,9-10,13H,8H2,1-2H3,(H,20,22)(H,23,24)/t13-/m0/s1. The zero-order valence-electron chi connectivity index (χ0n) is 13.4. The van der Waals surface area contributed by atoms with Gasteiger partial charge < -0.3 is 10.4 Å². The van der Waals surface area contributed by atoms with Crippen molar-refractivity contribution in [2.75, 3.05) is 0 Å². The van der Waals surface area contributed by atoms with E-state index in [1.54, 1.807) is 12.1 Å². The Morgan fingerprint density at radius 1 is 1.25 bits per heavy atom. The summed E-state index contributed by atoms with van der Waals surface area (Å²) in [5.74, 6) is -1.26. The minimum Gasteiger partial charge on any atom is -0.480 e. The van der Waals surface area contributed by atoms with E-state index in [9.17, 15) is 14.7 Å². The average Bonchev–Trinajstić information content (AvgIpc) is 2.55. The average molecular weight is 348 g/mol. The zero-order valence-corrected chi connectivity index (χ0v) is 14.1. The van der Waals surface area contributed by atoms with Crippen molar-refractivity contribution < 1.29 is 14.7 Å². The Morgan fingerprint density at radius 3 is 2.50 bits per heavy atom. The summed E-state index contributed by atoms with van der Waals surface area (Å²) in [5, 5.41) is 11.9. The van der Waals surface area contributed by atoms with Gasteiger partial charge in [-0.25, -0.2) is 14.8 Å². The van der Waals surface area contributed by atoms with E-state index in [-0.39, 0.29) is 23.1 Å². The van der Waals surface area contributed by atoms with E-state index in [4.69, 9.17) is 11.6 Å². The second-order valence-electron chi connectivity index (χ2n) is 5.63. The molecular weight excluding hydrogens is 330 g/mol. The number of hydrogen-bond donors (Lipinski definition) is 2. The predicted molar refractivity (Wildman–Crippen MR) is 90.2 cm³/mol. The van der Waals surface area contributed by atoms with Gasteiger partial charge in [0.05, 0.1) is 11.2 Å². The molecule has 126 valence electrons. The number of carbonyl (C=O) groups excluding carboxylic acids is 1. The fraction of sp³-hybridized carbons (Fsp3) is 0.294. The van der Waals surface area contributed by atoms with Gasteiger partial charge in [0.15, 0.2) is 0 Å². The number of rotatable bonds is 6. The van der Waals surface area contributed by atoms with Crippen LogP contribution in [0.5, 0.6) is 0 Å². The fourth-order valence-electron chi connectivity index (χ4n) is 2.09. The van der Waals surface area contributed by atoms with Gasteiger partial charge in [-0.05, 0) is 5.56 Å². The van der Waals surface area contributed by atoms with Crippen LogP contribution in [-0.4, -0.2) is 33.0 Å². The minimum absolute atomic E-state index is 0.0188. The normalized spacial score (nSPS) is 12.0. The molecule has 0 aliphatic carbocycles. The van der Waals surface area contributed by atoms with Crippen LogP contribution in [-0.2, 0) is 11.2 Å². The molecule has 0 unspecified atom stereocenters. The van der Waals surface area contributed by atoms with Crippen molar-refractivity contribution in [1.82, 2.24) is 15.3 Å². The van der Waals surface area contributed by atoms with Gasteiger partial charge in [-0.15, -0.1) is 0 Å². The van der Waals surface area contributed by atoms with Gasteiger partial charge in [0.25, 0.3) is 5.91 Å². The largest absolute Gasteiger partial charge is 0.480 e. The SMILES string of the molecule is CC(C)c1ncc(Cl)c(C(=O)N[C@@H](Cc2ccccc2)C(=O)O)n1. The molecule has 7 heteroatoms. The van der Waals surface area contributed by atoms with Gasteiger partial charge in [0, 0.05) is 12.3 Å². The first-order chi connectivity index (χ1) is 11.4. The van der Waals surface area contributed by atoms with Crippen LogP contribution in [0.3, 0.4) is 0 Å². The monoisotopic (exact) mass is 347 g/mol. The molecule has 0 fully saturated rings. The van der Waals surface area contributed by atoms with Crippen molar-refractivity contribution in [3.8, 4) is 0 Å². The molecule has 0 aliphatic heterocycles. The van der Waals surface area contributed by atoms with Gasteiger partial charge in [-0.3, -0.25) is 4.79 Å². The van der Waals surface area contributed by atoms with Crippen LogP contribution in [0.2, 0.25) is 5.02 Å². The number of nitrogens with one attached hydrogen (secondary N) is 1. The van der Waals surface area contributed by atoms with Gasteiger partial charge >= 0.3 is 5.97 Å². The van der Waals surface area contributed by atoms with Crippen LogP contribution in [0, 0.1) is 0 Å². The lowest BCUT2D eigenvalue weighted by Gasteiger charge is -2.15. The van der Waals surface area contributed by atoms with Crippen LogP contribution in [0.15, 0.2) is 36.5 Å². The molecule has 0 aliphatic rings. The van der Waals surface area contributed by atoms with Gasteiger partial charge in [0.1, 0.15) is 17.6 Å². The molecule has 1 aromatic heterocycles. The van der Waals surface area contributed by atoms with Crippen molar-refractivity contribution in [3.05, 3.63) is 58.6 Å². The second kappa shape index (κ2) is 7.88. The first-order valence-electron chi connectivity index (χ1n) is 7.48. The van der Waals surface area contributed by atoms with E-state index in [1.807, 2.05) is 32.0 Å². The number of benzene rings is 1. The maximum Gasteiger partial charge on any atom is 0.326 e. The molecule has 2 rings (SSSR count). The quantitative estimate of drug-likeness (QED) is 0.838. The van der Waals surface area contributed by atoms with Gasteiger partial charge in [-0.1, -0.05) is 55.8 Å². The Bertz CT molecular complexity index is 735. The molecule has 6 nitrogen and oxygen atoms in total. The van der Waals surface area contributed by atoms with Crippen LogP contribution in [0.4, 0.5) is 0 Å². The molecular formula is C17H18ClN3O3. The summed E-state index contributed by atoms with van der Waals surface area (Å²) < 4.78 is 0. The van der Waals surface area contributed by atoms with Crippen molar-refractivity contribution in [2.24, 2.45) is 0 Å². The third-order valence-corrected chi connectivity index (χ3v) is 3.66. The van der Waals surface area contributed by atoms with Crippen molar-refractivity contribution >= 4 is 23.5 Å². The summed E-state index contributed by atoms with van der Waals surface area (Å²) in [7, 11) is 0. The number of hydrogen-bond acceptors (Lipinski definition) is 4. The van der Waals surface area contributed by atoms with E-state index in [1.165, 1.54) is 6.20 Å². The number of halogens is 1. The molecule has 2 aromatic rings. The molecule has 0 saturated heterocycles. The summed E-state index contributed by atoms with van der Waals surface area (Å²) in [6.07, 6.45) is 1.52. The van der Waals surface area contributed by atoms with Crippen molar-refractivity contribution in [1.29, 1.82) is 0 Å². The molecule has 0 saturated carbocycles. The van der Waals surface area contributed by atoms with Crippen molar-refractivity contribution in [2.45, 2.75) is 32.2 Å². The van der Waals surface area contributed by atoms with Crippen LogP contribution in [0.25, 0.3) is 0 Å². The molecule has 24 heavy (non-hydrogen) atoms. The van der Waals surface area contributed by atoms with E-state index >= 15 is 0 Å². The van der Waals surface area contributed by atoms with E-state index < -0.39 is 17.9 Å². The third kappa shape index (κ3) is 4.52. The Kier molecular flexibility index (Phi) is 5.87. The Balaban J connectivity index is 2.19. The van der Waals surface area contributed by atoms with Gasteiger partial charge in [0.2, 0.25) is 0 Å². The lowest BCUT2D eigenvalue weighted by Crippen LogP contribution is -2.42. The fourth-order valence-corrected chi connectivity index (χ4v) is 2.27. The molecule has 1 aromatic carbocycles. The topological polar surface area (TPSA) is 92.2 Å². The molecule has 0 radical (unpaired) electrons. The predicted octanol–water partition coefficient (Wildman–Crippen LogP) is 2.68. The van der Waals surface area contributed by atoms with E-state index in [2.05, 4.69) is 15.3 Å². The molecule has 1 atom stereocenters. The summed E-state index contributed by atoms with van der Waals surface area (Å²) in [6, 6.07) is 7.99. The third-order valence-electron chi connectivity index (χ3n) is 3.38. The number of amides is 1. The molecule has 1 amide bonds. The highest BCUT2D eigenvalue weighted by Gasteiger charge is 2.23. The minimum atomic E-state index is -1.12. The number of aliphatic carboxylic acids is 1. The van der Waals surface area contributed by atoms with Crippen molar-refractivity contribution in [3.63, 3.8) is 0 Å². The number of nitrogens with zero attached hydrogens (tertiary/aromatic N) is 2. The summed E-state index contributed by atoms with van der Waals surface area (Å²) >= 11 is 5.99. The smallest absolute Gasteiger partial charge is 0.326 e. The van der Waals surface area contributed by atoms with Crippen LogP contribution < -0.4 is 5.32 Å². The Morgan fingerprint density at radius 2 is 1.92 bits per heavy atom. The van der Waals surface area contributed by atoms with Gasteiger partial charge in [-0.2, -0.15) is 0 Å². The zero-order chi connectivity index (χ0) is 17.7. The van der Waals surface area contributed by atoms with E-state index in [0.29, 0.717) is 5.82 Å². The number of aromatic nitrogens is 2. The molecule has 2 N–H and O–H groups in total. The first-order valence-corrected chi connectivity index (χ1v) is 7.86. The number of carboxylic acid groups (broad SMARTS) is 1. The Labute approximate surface area is 144 Å². The molecule has 0 bridgehead atoms. The van der Waals surface area contributed by atoms with Crippen LogP contribution >= 0.6 is 11.6 Å².